The molecule has 0 aliphatic rings. The van der Waals surface area contributed by atoms with Crippen LogP contribution in [0.4, 0.5) is 0 Å². The number of carbonyl (C=O) groups is 2. The minimum atomic E-state index is -2.62. The fourth-order valence-corrected chi connectivity index (χ4v) is 5.85. The monoisotopic (exact) mass is 531 g/mol. The zero-order valence-electron chi connectivity index (χ0n) is 16.1. The number of benzene rings is 3. The predicted molar refractivity (Wildman–Crippen MR) is 129 cm³/mol. The number of rotatable bonds is 5. The molecule has 3 aromatic rings. The van der Waals surface area contributed by atoms with Crippen molar-refractivity contribution in [2.24, 2.45) is 0 Å². The van der Waals surface area contributed by atoms with Gasteiger partial charge in [0.05, 0.1) is 41.8 Å². The molecule has 0 saturated carbocycles. The summed E-state index contributed by atoms with van der Waals surface area (Å²) in [5.41, 5.74) is 0.994. The lowest BCUT2D eigenvalue weighted by Crippen LogP contribution is -2.17. The third-order valence-electron chi connectivity index (χ3n) is 4.68. The molecule has 3 nitrogen and oxygen atoms in total. The second-order valence-electron chi connectivity index (χ2n) is 6.66. The minimum absolute atomic E-state index is 0.00135. The van der Waals surface area contributed by atoms with E-state index < -0.39 is 19.1 Å². The molecular weight excluding hydrogens is 520 g/mol. The topological polar surface area (TPSA) is 51.2 Å². The maximum atomic E-state index is 13.4. The quantitative estimate of drug-likeness (QED) is 0.144. The van der Waals surface area contributed by atoms with Crippen molar-refractivity contribution in [3.05, 3.63) is 95.4 Å². The Morgan fingerprint density at radius 1 is 0.677 bits per heavy atom. The zero-order valence-corrected chi connectivity index (χ0v) is 20.8. The Kier molecular flexibility index (Phi) is 7.48. The Morgan fingerprint density at radius 3 is 1.71 bits per heavy atom. The smallest absolute Gasteiger partial charge is 0.288 e. The van der Waals surface area contributed by atoms with Gasteiger partial charge < -0.3 is 0 Å². The highest BCUT2D eigenvalue weighted by atomic mass is 35.5. The van der Waals surface area contributed by atoms with Crippen molar-refractivity contribution in [2.45, 2.75) is 13.8 Å². The van der Waals surface area contributed by atoms with Gasteiger partial charge >= 0.3 is 13.3 Å². The standard InChI is InChI=1S/C22H13Cl5O3P/c1-10-6-5-7-11(2)14(10)22(29)31(30)13-9-4-3-8-12(13)21(28)15-16(23)18(25)20(27)19(26)17(15)24/h3-9H,1-2H3/q+1. The summed E-state index contributed by atoms with van der Waals surface area (Å²) in [7, 11) is -2.62. The molecule has 3 rings (SSSR count). The second-order valence-corrected chi connectivity index (χ2v) is 10.0. The highest BCUT2D eigenvalue weighted by molar-refractivity contribution is 7.71. The molecule has 9 heteroatoms. The zero-order chi connectivity index (χ0) is 23.0. The lowest BCUT2D eigenvalue weighted by Gasteiger charge is -2.11. The van der Waals surface area contributed by atoms with Gasteiger partial charge in [-0.05, 0) is 37.1 Å². The Bertz CT molecular complexity index is 1220. The Morgan fingerprint density at radius 2 is 1.16 bits per heavy atom. The molecule has 0 aliphatic carbocycles. The first-order chi connectivity index (χ1) is 14.6. The lowest BCUT2D eigenvalue weighted by molar-refractivity contribution is 0.103. The van der Waals surface area contributed by atoms with Gasteiger partial charge in [0.1, 0.15) is 0 Å². The first kappa shape index (κ1) is 24.2. The Labute approximate surface area is 205 Å². The van der Waals surface area contributed by atoms with Gasteiger partial charge in [0.25, 0.3) is 0 Å². The number of hydrogen-bond donors (Lipinski definition) is 0. The lowest BCUT2D eigenvalue weighted by atomic mass is 10.0. The van der Waals surface area contributed by atoms with E-state index in [1.54, 1.807) is 38.1 Å². The fourth-order valence-electron chi connectivity index (χ4n) is 3.14. The van der Waals surface area contributed by atoms with Gasteiger partial charge in [0, 0.05) is 0 Å². The summed E-state index contributed by atoms with van der Waals surface area (Å²) in [5.74, 6) is -0.677. The third-order valence-corrected chi connectivity index (χ3v) is 8.38. The van der Waals surface area contributed by atoms with Gasteiger partial charge in [-0.25, -0.2) is 4.79 Å². The molecule has 0 fully saturated rings. The average Bonchev–Trinajstić information content (AvgIpc) is 2.75. The summed E-state index contributed by atoms with van der Waals surface area (Å²) in [6.07, 6.45) is 0. The molecule has 0 spiro atoms. The fraction of sp³-hybridized carbons (Fsp3) is 0.0909. The molecule has 0 aliphatic heterocycles. The van der Waals surface area contributed by atoms with Crippen LogP contribution in [0.1, 0.15) is 37.4 Å². The summed E-state index contributed by atoms with van der Waals surface area (Å²) in [6.45, 7) is 3.52. The molecule has 1 atom stereocenters. The molecule has 0 bridgehead atoms. The Balaban J connectivity index is 2.15. The number of ketones is 1. The maximum absolute atomic E-state index is 13.4. The van der Waals surface area contributed by atoms with E-state index in [0.717, 1.165) is 0 Å². The van der Waals surface area contributed by atoms with Gasteiger partial charge in [-0.15, -0.1) is 0 Å². The first-order valence-corrected chi connectivity index (χ1v) is 12.0. The van der Waals surface area contributed by atoms with E-state index in [4.69, 9.17) is 58.0 Å². The minimum Gasteiger partial charge on any atom is -0.288 e. The van der Waals surface area contributed by atoms with Crippen molar-refractivity contribution in [3.63, 3.8) is 0 Å². The molecule has 0 saturated heterocycles. The van der Waals surface area contributed by atoms with Crippen LogP contribution >= 0.6 is 65.8 Å². The molecule has 0 radical (unpaired) electrons. The van der Waals surface area contributed by atoms with Crippen LogP contribution in [0.3, 0.4) is 0 Å². The van der Waals surface area contributed by atoms with Crippen molar-refractivity contribution < 1.29 is 14.2 Å². The number of carbonyl (C=O) groups excluding carboxylic acids is 2. The van der Waals surface area contributed by atoms with Crippen LogP contribution < -0.4 is 5.30 Å². The summed E-state index contributed by atoms with van der Waals surface area (Å²) in [4.78, 5) is 26.4. The van der Waals surface area contributed by atoms with Crippen LogP contribution in [0.15, 0.2) is 42.5 Å². The average molecular weight is 534 g/mol. The van der Waals surface area contributed by atoms with Gasteiger partial charge in [0.15, 0.2) is 0 Å². The molecule has 0 heterocycles. The maximum Gasteiger partial charge on any atom is 0.459 e. The van der Waals surface area contributed by atoms with Gasteiger partial charge in [-0.3, -0.25) is 4.79 Å². The third kappa shape index (κ3) is 4.41. The van der Waals surface area contributed by atoms with Crippen LogP contribution in [0.5, 0.6) is 0 Å². The molecule has 0 N–H and O–H groups in total. The molecule has 3 aromatic carbocycles. The van der Waals surface area contributed by atoms with Crippen LogP contribution in [0.2, 0.25) is 25.1 Å². The van der Waals surface area contributed by atoms with E-state index in [0.29, 0.717) is 16.7 Å². The van der Waals surface area contributed by atoms with Crippen molar-refractivity contribution in [3.8, 4) is 0 Å². The summed E-state index contributed by atoms with van der Waals surface area (Å²) in [5, 5.41) is -0.651. The number of hydrogen-bond acceptors (Lipinski definition) is 3. The molecule has 1 unspecified atom stereocenters. The van der Waals surface area contributed by atoms with E-state index in [2.05, 4.69) is 0 Å². The van der Waals surface area contributed by atoms with Crippen LogP contribution in [-0.2, 0) is 4.57 Å². The van der Waals surface area contributed by atoms with Crippen molar-refractivity contribution in [1.82, 2.24) is 0 Å². The van der Waals surface area contributed by atoms with Gasteiger partial charge in [-0.1, -0.05) is 92.9 Å². The van der Waals surface area contributed by atoms with E-state index in [9.17, 15) is 14.2 Å². The molecular formula is C22H13Cl5O3P+. The molecule has 0 aromatic heterocycles. The van der Waals surface area contributed by atoms with E-state index in [1.807, 2.05) is 6.07 Å². The van der Waals surface area contributed by atoms with E-state index in [1.165, 1.54) is 12.1 Å². The van der Waals surface area contributed by atoms with Crippen molar-refractivity contribution in [1.29, 1.82) is 0 Å². The highest BCUT2D eigenvalue weighted by Crippen LogP contribution is 2.45. The van der Waals surface area contributed by atoms with Crippen molar-refractivity contribution in [2.75, 3.05) is 0 Å². The largest absolute Gasteiger partial charge is 0.459 e. The van der Waals surface area contributed by atoms with Gasteiger partial charge in [0.2, 0.25) is 11.1 Å². The Hall–Kier alpha value is -1.45. The van der Waals surface area contributed by atoms with E-state index >= 15 is 0 Å². The number of halogens is 5. The summed E-state index contributed by atoms with van der Waals surface area (Å²) < 4.78 is 13.3. The highest BCUT2D eigenvalue weighted by Gasteiger charge is 2.39. The summed E-state index contributed by atoms with van der Waals surface area (Å²) >= 11 is 30.6. The van der Waals surface area contributed by atoms with Crippen LogP contribution in [0.25, 0.3) is 0 Å². The normalized spacial score (nSPS) is 11.4. The van der Waals surface area contributed by atoms with Crippen LogP contribution in [-0.4, -0.2) is 11.3 Å². The summed E-state index contributed by atoms with van der Waals surface area (Å²) in [6, 6.07) is 11.4. The SMILES string of the molecule is Cc1cccc(C)c1C(=O)[P+](=O)c1ccccc1C(=O)c1c(Cl)c(Cl)c(Cl)c(Cl)c1Cl. The van der Waals surface area contributed by atoms with Crippen molar-refractivity contribution >= 4 is 82.4 Å². The van der Waals surface area contributed by atoms with Crippen LogP contribution in [0, 0.1) is 13.8 Å². The van der Waals surface area contributed by atoms with Gasteiger partial charge in [-0.2, -0.15) is 0 Å². The van der Waals surface area contributed by atoms with E-state index in [-0.39, 0.29) is 41.5 Å². The molecule has 158 valence electrons. The predicted octanol–water partition coefficient (Wildman–Crippen LogP) is 8.09. The first-order valence-electron chi connectivity index (χ1n) is 8.80. The molecule has 0 amide bonds. The molecule has 31 heavy (non-hydrogen) atoms. The number of aryl methyl sites for hydroxylation is 2. The second kappa shape index (κ2) is 9.58.